The minimum absolute atomic E-state index is 0.0354. The summed E-state index contributed by atoms with van der Waals surface area (Å²) in [5.74, 6) is -0.127. The number of pyridine rings is 1. The van der Waals surface area contributed by atoms with Gasteiger partial charge in [0.1, 0.15) is 11.6 Å². The van der Waals surface area contributed by atoms with Crippen LogP contribution >= 0.6 is 0 Å². The average Bonchev–Trinajstić information content (AvgIpc) is 2.37. The van der Waals surface area contributed by atoms with Gasteiger partial charge in [-0.2, -0.15) is 8.42 Å². The molecule has 106 valence electrons. The molecule has 0 bridgehead atoms. The Morgan fingerprint density at radius 2 is 1.75 bits per heavy atom. The zero-order valence-electron chi connectivity index (χ0n) is 11.1. The van der Waals surface area contributed by atoms with Crippen LogP contribution in [0, 0.1) is 13.8 Å². The van der Waals surface area contributed by atoms with Crippen LogP contribution < -0.4 is 4.18 Å². The van der Waals surface area contributed by atoms with E-state index in [1.54, 1.807) is 19.1 Å². The normalized spacial score (nSPS) is 11.3. The first-order valence-electron chi connectivity index (χ1n) is 5.95. The van der Waals surface area contributed by atoms with Crippen LogP contribution in [0.4, 0.5) is 4.39 Å². The summed E-state index contributed by atoms with van der Waals surface area (Å²) >= 11 is 0. The van der Waals surface area contributed by atoms with Crippen molar-refractivity contribution >= 4 is 10.1 Å². The highest BCUT2D eigenvalue weighted by Gasteiger charge is 2.17. The first-order valence-corrected chi connectivity index (χ1v) is 7.36. The third-order valence-corrected chi connectivity index (χ3v) is 3.88. The van der Waals surface area contributed by atoms with Gasteiger partial charge in [0.15, 0.2) is 0 Å². The Bertz CT molecular complexity index is 712. The van der Waals surface area contributed by atoms with Crippen molar-refractivity contribution < 1.29 is 17.0 Å². The molecule has 4 nitrogen and oxygen atoms in total. The molecule has 0 saturated carbocycles. The summed E-state index contributed by atoms with van der Waals surface area (Å²) in [6.07, 6.45) is 0. The number of hydrogen-bond acceptors (Lipinski definition) is 4. The van der Waals surface area contributed by atoms with E-state index in [0.717, 1.165) is 5.56 Å². The van der Waals surface area contributed by atoms with Gasteiger partial charge in [-0.1, -0.05) is 17.7 Å². The first-order chi connectivity index (χ1) is 9.40. The SMILES string of the molecule is Cc1ccc(S(=O)(=O)Oc2cc(C)cc(CF)n2)cc1. The van der Waals surface area contributed by atoms with Crippen LogP contribution in [-0.4, -0.2) is 13.4 Å². The Morgan fingerprint density at radius 1 is 1.10 bits per heavy atom. The Labute approximate surface area is 117 Å². The predicted octanol–water partition coefficient (Wildman–Crippen LogP) is 2.94. The maximum Gasteiger partial charge on any atom is 0.340 e. The van der Waals surface area contributed by atoms with E-state index in [1.807, 2.05) is 6.92 Å². The zero-order chi connectivity index (χ0) is 14.8. The first kappa shape index (κ1) is 14.5. The highest BCUT2D eigenvalue weighted by Crippen LogP contribution is 2.19. The number of aryl methyl sites for hydroxylation is 2. The molecule has 6 heteroatoms. The third kappa shape index (κ3) is 3.33. The molecule has 2 rings (SSSR count). The molecule has 0 N–H and O–H groups in total. The van der Waals surface area contributed by atoms with Gasteiger partial charge < -0.3 is 4.18 Å². The second kappa shape index (κ2) is 5.58. The van der Waals surface area contributed by atoms with Gasteiger partial charge in [0.05, 0.1) is 5.69 Å². The van der Waals surface area contributed by atoms with Crippen molar-refractivity contribution in [2.24, 2.45) is 0 Å². The Morgan fingerprint density at radius 3 is 2.35 bits per heavy atom. The van der Waals surface area contributed by atoms with Gasteiger partial charge in [-0.05, 0) is 37.6 Å². The molecule has 1 aromatic carbocycles. The molecule has 2 aromatic rings. The van der Waals surface area contributed by atoms with Gasteiger partial charge in [0.2, 0.25) is 5.88 Å². The van der Waals surface area contributed by atoms with Gasteiger partial charge in [-0.3, -0.25) is 0 Å². The summed E-state index contributed by atoms with van der Waals surface area (Å²) in [7, 11) is -3.96. The number of alkyl halides is 1. The van der Waals surface area contributed by atoms with Crippen LogP contribution in [0.1, 0.15) is 16.8 Å². The Kier molecular flexibility index (Phi) is 4.04. The number of nitrogens with zero attached hydrogens (tertiary/aromatic N) is 1. The van der Waals surface area contributed by atoms with Crippen molar-refractivity contribution in [3.05, 3.63) is 53.2 Å². The van der Waals surface area contributed by atoms with E-state index < -0.39 is 16.8 Å². The molecule has 0 aliphatic carbocycles. The molecule has 1 heterocycles. The molecule has 0 saturated heterocycles. The van der Waals surface area contributed by atoms with Crippen LogP contribution in [0.2, 0.25) is 0 Å². The molecule has 0 radical (unpaired) electrons. The largest absolute Gasteiger partial charge is 0.358 e. The van der Waals surface area contributed by atoms with Gasteiger partial charge >= 0.3 is 10.1 Å². The van der Waals surface area contributed by atoms with Gasteiger partial charge in [0, 0.05) is 6.07 Å². The fraction of sp³-hybridized carbons (Fsp3) is 0.214. The highest BCUT2D eigenvalue weighted by atomic mass is 32.2. The second-order valence-corrected chi connectivity index (χ2v) is 6.00. The lowest BCUT2D eigenvalue weighted by Gasteiger charge is -2.08. The third-order valence-electron chi connectivity index (χ3n) is 2.64. The van der Waals surface area contributed by atoms with Crippen LogP contribution in [0.25, 0.3) is 0 Å². The van der Waals surface area contributed by atoms with Gasteiger partial charge in [0.25, 0.3) is 0 Å². The summed E-state index contributed by atoms with van der Waals surface area (Å²) in [6.45, 7) is 2.79. The van der Waals surface area contributed by atoms with Crippen molar-refractivity contribution in [3.8, 4) is 5.88 Å². The summed E-state index contributed by atoms with van der Waals surface area (Å²) in [5.41, 5.74) is 1.76. The topological polar surface area (TPSA) is 56.3 Å². The minimum Gasteiger partial charge on any atom is -0.358 e. The maximum absolute atomic E-state index is 12.6. The molecule has 20 heavy (non-hydrogen) atoms. The van der Waals surface area contributed by atoms with Crippen LogP contribution in [0.15, 0.2) is 41.3 Å². The lowest BCUT2D eigenvalue weighted by Crippen LogP contribution is -2.11. The van der Waals surface area contributed by atoms with Gasteiger partial charge in [-0.15, -0.1) is 0 Å². The summed E-state index contributed by atoms with van der Waals surface area (Å²) in [5, 5.41) is 0. The summed E-state index contributed by atoms with van der Waals surface area (Å²) < 4.78 is 41.7. The molecule has 0 amide bonds. The van der Waals surface area contributed by atoms with E-state index in [1.165, 1.54) is 24.3 Å². The van der Waals surface area contributed by atoms with Crippen LogP contribution in [0.5, 0.6) is 5.88 Å². The van der Waals surface area contributed by atoms with E-state index in [-0.39, 0.29) is 16.5 Å². The fourth-order valence-corrected chi connectivity index (χ4v) is 2.56. The highest BCUT2D eigenvalue weighted by molar-refractivity contribution is 7.87. The van der Waals surface area contributed by atoms with Crippen molar-refractivity contribution in [2.45, 2.75) is 25.4 Å². The molecule has 0 atom stereocenters. The van der Waals surface area contributed by atoms with Crippen molar-refractivity contribution in [1.82, 2.24) is 4.98 Å². The number of hydrogen-bond donors (Lipinski definition) is 0. The number of rotatable bonds is 4. The Hall–Kier alpha value is -1.95. The van der Waals surface area contributed by atoms with E-state index in [9.17, 15) is 12.8 Å². The second-order valence-electron chi connectivity index (χ2n) is 4.46. The molecular weight excluding hydrogens is 281 g/mol. The molecule has 0 aliphatic rings. The lowest BCUT2D eigenvalue weighted by atomic mass is 10.2. The summed E-state index contributed by atoms with van der Waals surface area (Å²) in [4.78, 5) is 3.84. The van der Waals surface area contributed by atoms with E-state index >= 15 is 0 Å². The summed E-state index contributed by atoms with van der Waals surface area (Å²) in [6, 6.07) is 9.24. The van der Waals surface area contributed by atoms with Crippen molar-refractivity contribution in [1.29, 1.82) is 0 Å². The average molecular weight is 295 g/mol. The quantitative estimate of drug-likeness (QED) is 0.814. The van der Waals surface area contributed by atoms with E-state index in [0.29, 0.717) is 5.56 Å². The van der Waals surface area contributed by atoms with Crippen molar-refractivity contribution in [2.75, 3.05) is 0 Å². The predicted molar refractivity (Wildman–Crippen MR) is 72.8 cm³/mol. The van der Waals surface area contributed by atoms with Crippen LogP contribution in [-0.2, 0) is 16.8 Å². The van der Waals surface area contributed by atoms with E-state index in [4.69, 9.17) is 4.18 Å². The molecule has 0 spiro atoms. The minimum atomic E-state index is -3.96. The molecule has 0 unspecified atom stereocenters. The number of halogens is 1. The van der Waals surface area contributed by atoms with Crippen molar-refractivity contribution in [3.63, 3.8) is 0 Å². The lowest BCUT2D eigenvalue weighted by molar-refractivity contribution is 0.455. The fourth-order valence-electron chi connectivity index (χ4n) is 1.68. The van der Waals surface area contributed by atoms with Gasteiger partial charge in [-0.25, -0.2) is 9.37 Å². The molecule has 0 fully saturated rings. The standard InChI is InChI=1S/C14H14FNO3S/c1-10-3-5-13(6-4-10)20(17,18)19-14-8-11(2)7-12(9-15)16-14/h3-8H,9H2,1-2H3. The zero-order valence-corrected chi connectivity index (χ0v) is 11.9. The smallest absolute Gasteiger partial charge is 0.340 e. The monoisotopic (exact) mass is 295 g/mol. The van der Waals surface area contributed by atoms with E-state index in [2.05, 4.69) is 4.98 Å². The molecular formula is C14H14FNO3S. The number of benzene rings is 1. The molecule has 0 aliphatic heterocycles. The molecule has 1 aromatic heterocycles. The Balaban J connectivity index is 2.33. The number of aromatic nitrogens is 1. The maximum atomic E-state index is 12.6. The van der Waals surface area contributed by atoms with Crippen LogP contribution in [0.3, 0.4) is 0 Å².